The predicted molar refractivity (Wildman–Crippen MR) is 71.5 cm³/mol. The van der Waals surface area contributed by atoms with E-state index in [0.29, 0.717) is 13.2 Å². The fraction of sp³-hybridized carbons (Fsp3) is 0.462. The third-order valence-corrected chi connectivity index (χ3v) is 2.69. The van der Waals surface area contributed by atoms with Crippen LogP contribution in [0.25, 0.3) is 0 Å². The third-order valence-electron chi connectivity index (χ3n) is 2.69. The fourth-order valence-corrected chi connectivity index (χ4v) is 1.60. The Bertz CT molecular complexity index is 511. The minimum Gasteiger partial charge on any atom is -0.469 e. The van der Waals surface area contributed by atoms with E-state index in [1.165, 1.54) is 37.4 Å². The van der Waals surface area contributed by atoms with Gasteiger partial charge in [-0.05, 0) is 6.07 Å². The average Bonchev–Trinajstić information content (AvgIpc) is 2.46. The van der Waals surface area contributed by atoms with Crippen molar-refractivity contribution in [3.05, 3.63) is 34.2 Å². The number of carbonyl (C=O) groups excluding carboxylic acids is 2. The van der Waals surface area contributed by atoms with E-state index in [4.69, 9.17) is 4.74 Å². The Balaban J connectivity index is 2.78. The highest BCUT2D eigenvalue weighted by Crippen LogP contribution is 2.03. The van der Waals surface area contributed by atoms with Crippen LogP contribution >= 0.6 is 0 Å². The van der Waals surface area contributed by atoms with E-state index in [1.807, 2.05) is 0 Å². The smallest absolute Gasteiger partial charge is 0.307 e. The molecule has 0 aliphatic carbocycles. The summed E-state index contributed by atoms with van der Waals surface area (Å²) in [6.07, 6.45) is 1.50. The van der Waals surface area contributed by atoms with Crippen molar-refractivity contribution in [3.8, 4) is 0 Å². The Hall–Kier alpha value is -2.15. The van der Waals surface area contributed by atoms with Gasteiger partial charge in [-0.25, -0.2) is 0 Å². The molecule has 20 heavy (non-hydrogen) atoms. The van der Waals surface area contributed by atoms with E-state index in [0.717, 1.165) is 0 Å². The first-order chi connectivity index (χ1) is 9.58. The average molecular weight is 282 g/mol. The number of aromatic amines is 1. The van der Waals surface area contributed by atoms with Crippen molar-refractivity contribution < 1.29 is 19.1 Å². The summed E-state index contributed by atoms with van der Waals surface area (Å²) in [5.41, 5.74) is -0.0785. The van der Waals surface area contributed by atoms with Crippen LogP contribution in [0.1, 0.15) is 16.8 Å². The maximum absolute atomic E-state index is 12.3. The van der Waals surface area contributed by atoms with Gasteiger partial charge in [0.05, 0.1) is 20.1 Å². The van der Waals surface area contributed by atoms with Crippen LogP contribution in [0.15, 0.2) is 23.1 Å². The normalized spacial score (nSPS) is 10.1. The fourth-order valence-electron chi connectivity index (χ4n) is 1.60. The maximum atomic E-state index is 12.3. The van der Waals surface area contributed by atoms with Gasteiger partial charge in [0.15, 0.2) is 0 Å². The summed E-state index contributed by atoms with van der Waals surface area (Å²) in [7, 11) is 2.82. The minimum atomic E-state index is -0.397. The van der Waals surface area contributed by atoms with Crippen LogP contribution in [0, 0.1) is 0 Å². The van der Waals surface area contributed by atoms with Crippen molar-refractivity contribution in [2.24, 2.45) is 0 Å². The number of rotatable bonds is 7. The Morgan fingerprint density at radius 3 is 2.65 bits per heavy atom. The summed E-state index contributed by atoms with van der Waals surface area (Å²) in [6.45, 7) is 0.886. The minimum absolute atomic E-state index is 0.0924. The van der Waals surface area contributed by atoms with Crippen LogP contribution in [0.3, 0.4) is 0 Å². The van der Waals surface area contributed by atoms with Gasteiger partial charge in [-0.1, -0.05) is 0 Å². The molecule has 0 aromatic carbocycles. The second kappa shape index (κ2) is 8.11. The van der Waals surface area contributed by atoms with E-state index in [-0.39, 0.29) is 30.0 Å². The Morgan fingerprint density at radius 1 is 1.30 bits per heavy atom. The van der Waals surface area contributed by atoms with E-state index >= 15 is 0 Å². The van der Waals surface area contributed by atoms with Gasteiger partial charge >= 0.3 is 5.97 Å². The SMILES string of the molecule is COCCN(CCC(=O)OC)C(=O)c1cc[nH]c(=O)c1. The molecule has 7 heteroatoms. The molecule has 1 aromatic heterocycles. The van der Waals surface area contributed by atoms with Crippen LogP contribution in [0.4, 0.5) is 0 Å². The quantitative estimate of drug-likeness (QED) is 0.713. The molecule has 0 atom stereocenters. The molecule has 0 spiro atoms. The van der Waals surface area contributed by atoms with Crippen LogP contribution in [0.5, 0.6) is 0 Å². The number of nitrogens with zero attached hydrogens (tertiary/aromatic N) is 1. The van der Waals surface area contributed by atoms with Crippen molar-refractivity contribution >= 4 is 11.9 Å². The second-order valence-electron chi connectivity index (χ2n) is 4.05. The lowest BCUT2D eigenvalue weighted by Crippen LogP contribution is -2.36. The van der Waals surface area contributed by atoms with Crippen LogP contribution in [0.2, 0.25) is 0 Å². The molecule has 1 N–H and O–H groups in total. The number of amides is 1. The maximum Gasteiger partial charge on any atom is 0.307 e. The summed E-state index contributed by atoms with van der Waals surface area (Å²) in [6, 6.07) is 2.74. The van der Waals surface area contributed by atoms with Crippen molar-refractivity contribution in [1.82, 2.24) is 9.88 Å². The number of ether oxygens (including phenoxy) is 2. The molecule has 0 aliphatic rings. The zero-order chi connectivity index (χ0) is 15.0. The first-order valence-electron chi connectivity index (χ1n) is 6.12. The number of hydrogen-bond acceptors (Lipinski definition) is 5. The van der Waals surface area contributed by atoms with Crippen molar-refractivity contribution in [2.75, 3.05) is 33.9 Å². The third kappa shape index (κ3) is 4.85. The summed E-state index contributed by atoms with van der Waals surface area (Å²) in [4.78, 5) is 38.5. The molecule has 1 amide bonds. The number of carbonyl (C=O) groups is 2. The van der Waals surface area contributed by atoms with Gasteiger partial charge in [-0.3, -0.25) is 14.4 Å². The number of hydrogen-bond donors (Lipinski definition) is 1. The largest absolute Gasteiger partial charge is 0.469 e. The first kappa shape index (κ1) is 15.9. The summed E-state index contributed by atoms with van der Waals surface area (Å²) < 4.78 is 9.48. The van der Waals surface area contributed by atoms with Crippen LogP contribution < -0.4 is 5.56 Å². The highest BCUT2D eigenvalue weighted by Gasteiger charge is 2.17. The van der Waals surface area contributed by atoms with Gasteiger partial charge in [0.2, 0.25) is 5.56 Å². The number of methoxy groups -OCH3 is 2. The number of esters is 1. The number of aromatic nitrogens is 1. The Labute approximate surface area is 116 Å². The van der Waals surface area contributed by atoms with Gasteiger partial charge in [-0.2, -0.15) is 0 Å². The molecule has 1 rings (SSSR count). The molecule has 0 bridgehead atoms. The Morgan fingerprint density at radius 2 is 2.05 bits per heavy atom. The van der Waals surface area contributed by atoms with Crippen LogP contribution in [-0.2, 0) is 14.3 Å². The zero-order valence-electron chi connectivity index (χ0n) is 11.5. The first-order valence-corrected chi connectivity index (χ1v) is 6.12. The molecule has 1 heterocycles. The number of nitrogens with one attached hydrogen (secondary N) is 1. The Kier molecular flexibility index (Phi) is 6.45. The molecule has 0 radical (unpaired) electrons. The van der Waals surface area contributed by atoms with Gasteiger partial charge < -0.3 is 19.4 Å². The van der Waals surface area contributed by atoms with Gasteiger partial charge in [-0.15, -0.1) is 0 Å². The molecule has 110 valence electrons. The highest BCUT2D eigenvalue weighted by atomic mass is 16.5. The molecular formula is C13H18N2O5. The van der Waals surface area contributed by atoms with E-state index in [9.17, 15) is 14.4 Å². The summed E-state index contributed by atoms with van der Waals surface area (Å²) in [5.74, 6) is -0.719. The molecule has 0 saturated heterocycles. The monoisotopic (exact) mass is 282 g/mol. The van der Waals surface area contributed by atoms with Gasteiger partial charge in [0.25, 0.3) is 5.91 Å². The standard InChI is InChI=1S/C13H18N2O5/c1-19-8-7-15(6-4-12(17)20-2)13(18)10-3-5-14-11(16)9-10/h3,5,9H,4,6-8H2,1-2H3,(H,14,16). The lowest BCUT2D eigenvalue weighted by Gasteiger charge is -2.21. The molecule has 1 aromatic rings. The van der Waals surface area contributed by atoms with E-state index < -0.39 is 5.97 Å². The van der Waals surface area contributed by atoms with E-state index in [2.05, 4.69) is 9.72 Å². The van der Waals surface area contributed by atoms with Crippen molar-refractivity contribution in [1.29, 1.82) is 0 Å². The molecule has 0 aliphatic heterocycles. The topological polar surface area (TPSA) is 88.7 Å². The lowest BCUT2D eigenvalue weighted by molar-refractivity contribution is -0.140. The zero-order valence-corrected chi connectivity index (χ0v) is 11.5. The van der Waals surface area contributed by atoms with Crippen LogP contribution in [-0.4, -0.2) is 55.7 Å². The summed E-state index contributed by atoms with van der Waals surface area (Å²) >= 11 is 0. The van der Waals surface area contributed by atoms with Crippen molar-refractivity contribution in [2.45, 2.75) is 6.42 Å². The molecular weight excluding hydrogens is 264 g/mol. The van der Waals surface area contributed by atoms with Gasteiger partial charge in [0.1, 0.15) is 0 Å². The molecule has 0 saturated carbocycles. The number of pyridine rings is 1. The molecule has 0 unspecified atom stereocenters. The highest BCUT2D eigenvalue weighted by molar-refractivity contribution is 5.94. The van der Waals surface area contributed by atoms with Gasteiger partial charge in [0, 0.05) is 38.0 Å². The molecule has 0 fully saturated rings. The van der Waals surface area contributed by atoms with E-state index in [1.54, 1.807) is 0 Å². The summed E-state index contributed by atoms with van der Waals surface area (Å²) in [5, 5.41) is 0. The second-order valence-corrected chi connectivity index (χ2v) is 4.05. The number of H-pyrrole nitrogens is 1. The molecule has 7 nitrogen and oxygen atoms in total. The predicted octanol–water partition coefficient (Wildman–Crippen LogP) is 0.0266. The van der Waals surface area contributed by atoms with Crippen molar-refractivity contribution in [3.63, 3.8) is 0 Å². The lowest BCUT2D eigenvalue weighted by atomic mass is 10.2.